The standard InChI is InChI=1S/C34H43NO2/c1-9-33(5,6)31(36)30(32(37)34(7,8)10-2)23-26-15-21-29(22-16-26)35(27-17-11-24(3)12-18-27)28-19-13-25(4)14-20-28/h11-22,30H,9-10,23H2,1-8H3. The van der Waals surface area contributed by atoms with Gasteiger partial charge in [0.1, 0.15) is 11.6 Å². The van der Waals surface area contributed by atoms with Gasteiger partial charge in [0, 0.05) is 27.9 Å². The van der Waals surface area contributed by atoms with Gasteiger partial charge >= 0.3 is 0 Å². The van der Waals surface area contributed by atoms with Crippen molar-refractivity contribution in [1.82, 2.24) is 0 Å². The molecule has 0 N–H and O–H groups in total. The summed E-state index contributed by atoms with van der Waals surface area (Å²) in [5.74, 6) is -0.542. The van der Waals surface area contributed by atoms with Gasteiger partial charge in [-0.25, -0.2) is 0 Å². The van der Waals surface area contributed by atoms with E-state index in [2.05, 4.69) is 91.5 Å². The topological polar surface area (TPSA) is 37.4 Å². The molecule has 0 aliphatic carbocycles. The number of carbonyl (C=O) groups excluding carboxylic acids is 2. The Morgan fingerprint density at radius 2 is 0.946 bits per heavy atom. The summed E-state index contributed by atoms with van der Waals surface area (Å²) in [6.45, 7) is 16.0. The van der Waals surface area contributed by atoms with Crippen LogP contribution in [-0.4, -0.2) is 11.6 Å². The van der Waals surface area contributed by atoms with Gasteiger partial charge in [0.25, 0.3) is 0 Å². The van der Waals surface area contributed by atoms with Crippen LogP contribution in [0.1, 0.15) is 71.1 Å². The van der Waals surface area contributed by atoms with Crippen molar-refractivity contribution in [2.75, 3.05) is 4.90 Å². The van der Waals surface area contributed by atoms with Crippen LogP contribution in [0.2, 0.25) is 0 Å². The van der Waals surface area contributed by atoms with Crippen LogP contribution in [0, 0.1) is 30.6 Å². The van der Waals surface area contributed by atoms with Crippen molar-refractivity contribution in [3.8, 4) is 0 Å². The smallest absolute Gasteiger partial charge is 0.149 e. The Labute approximate surface area is 223 Å². The molecule has 0 amide bonds. The van der Waals surface area contributed by atoms with E-state index >= 15 is 0 Å². The molecular weight excluding hydrogens is 454 g/mol. The predicted octanol–water partition coefficient (Wildman–Crippen LogP) is 8.94. The maximum Gasteiger partial charge on any atom is 0.149 e. The van der Waals surface area contributed by atoms with Crippen molar-refractivity contribution < 1.29 is 9.59 Å². The first-order valence-corrected chi connectivity index (χ1v) is 13.5. The number of nitrogens with zero attached hydrogens (tertiary/aromatic N) is 1. The van der Waals surface area contributed by atoms with Crippen molar-refractivity contribution in [2.24, 2.45) is 16.7 Å². The van der Waals surface area contributed by atoms with E-state index < -0.39 is 16.7 Å². The van der Waals surface area contributed by atoms with E-state index in [1.807, 2.05) is 41.5 Å². The lowest BCUT2D eigenvalue weighted by Crippen LogP contribution is -2.41. The lowest BCUT2D eigenvalue weighted by molar-refractivity contribution is -0.142. The number of Topliss-reactive ketones (excluding diaryl/α,β-unsaturated/α-hetero) is 2. The molecule has 0 aromatic heterocycles. The van der Waals surface area contributed by atoms with Crippen LogP contribution in [-0.2, 0) is 16.0 Å². The number of rotatable bonds is 11. The molecule has 0 saturated carbocycles. The first kappa shape index (κ1) is 28.4. The number of hydrogen-bond acceptors (Lipinski definition) is 3. The fourth-order valence-corrected chi connectivity index (χ4v) is 4.45. The lowest BCUT2D eigenvalue weighted by Gasteiger charge is -2.32. The largest absolute Gasteiger partial charge is 0.311 e. The molecule has 0 radical (unpaired) electrons. The Bertz CT molecular complexity index is 1130. The average Bonchev–Trinajstić information content (AvgIpc) is 2.89. The van der Waals surface area contributed by atoms with Crippen molar-refractivity contribution in [3.63, 3.8) is 0 Å². The third-order valence-electron chi connectivity index (χ3n) is 7.95. The minimum atomic E-state index is -0.638. The molecule has 0 bridgehead atoms. The highest BCUT2D eigenvalue weighted by atomic mass is 16.2. The molecule has 37 heavy (non-hydrogen) atoms. The second-order valence-corrected chi connectivity index (χ2v) is 11.6. The third-order valence-corrected chi connectivity index (χ3v) is 7.95. The normalized spacial score (nSPS) is 12.0. The van der Waals surface area contributed by atoms with Crippen molar-refractivity contribution >= 4 is 28.6 Å². The highest BCUT2D eigenvalue weighted by Crippen LogP contribution is 2.37. The average molecular weight is 498 g/mol. The summed E-state index contributed by atoms with van der Waals surface area (Å²) in [4.78, 5) is 29.4. The van der Waals surface area contributed by atoms with Crippen molar-refractivity contribution in [1.29, 1.82) is 0 Å². The van der Waals surface area contributed by atoms with Gasteiger partial charge in [-0.15, -0.1) is 0 Å². The zero-order valence-electron chi connectivity index (χ0n) is 23.9. The molecule has 0 spiro atoms. The summed E-state index contributed by atoms with van der Waals surface area (Å²) in [6, 6.07) is 25.4. The summed E-state index contributed by atoms with van der Waals surface area (Å²) in [5.41, 5.74) is 5.58. The Kier molecular flexibility index (Phi) is 8.79. The van der Waals surface area contributed by atoms with E-state index in [4.69, 9.17) is 0 Å². The maximum absolute atomic E-state index is 13.6. The molecule has 3 rings (SSSR count). The Balaban J connectivity index is 1.98. The van der Waals surface area contributed by atoms with E-state index in [1.54, 1.807) is 0 Å². The van der Waals surface area contributed by atoms with Gasteiger partial charge < -0.3 is 4.90 Å². The molecule has 3 aromatic rings. The number of ketones is 2. The molecule has 0 heterocycles. The minimum Gasteiger partial charge on any atom is -0.311 e. The zero-order valence-corrected chi connectivity index (χ0v) is 23.9. The second kappa shape index (κ2) is 11.5. The van der Waals surface area contributed by atoms with Gasteiger partial charge in [0.2, 0.25) is 0 Å². The van der Waals surface area contributed by atoms with Crippen molar-refractivity contribution in [3.05, 3.63) is 89.5 Å². The first-order chi connectivity index (χ1) is 17.4. The van der Waals surface area contributed by atoms with Crippen LogP contribution in [0.3, 0.4) is 0 Å². The number of carbonyl (C=O) groups is 2. The lowest BCUT2D eigenvalue weighted by atomic mass is 9.70. The first-order valence-electron chi connectivity index (χ1n) is 13.5. The van der Waals surface area contributed by atoms with Gasteiger partial charge in [0.15, 0.2) is 0 Å². The maximum atomic E-state index is 13.6. The molecular formula is C34H43NO2. The molecule has 196 valence electrons. The van der Waals surface area contributed by atoms with Gasteiger partial charge in [-0.3, -0.25) is 9.59 Å². The fourth-order valence-electron chi connectivity index (χ4n) is 4.45. The summed E-state index contributed by atoms with van der Waals surface area (Å²) >= 11 is 0. The summed E-state index contributed by atoms with van der Waals surface area (Å²) in [5, 5.41) is 0. The molecule has 3 nitrogen and oxygen atoms in total. The van der Waals surface area contributed by atoms with E-state index in [9.17, 15) is 9.59 Å². The monoisotopic (exact) mass is 497 g/mol. The van der Waals surface area contributed by atoms with E-state index in [0.717, 1.165) is 22.6 Å². The van der Waals surface area contributed by atoms with E-state index in [-0.39, 0.29) is 11.6 Å². The summed E-state index contributed by atoms with van der Waals surface area (Å²) < 4.78 is 0. The Morgan fingerprint density at radius 3 is 1.27 bits per heavy atom. The van der Waals surface area contributed by atoms with Gasteiger partial charge in [-0.1, -0.05) is 89.1 Å². The van der Waals surface area contributed by atoms with Crippen LogP contribution in [0.5, 0.6) is 0 Å². The van der Waals surface area contributed by atoms with Crippen molar-refractivity contribution in [2.45, 2.75) is 74.7 Å². The minimum absolute atomic E-state index is 0.0477. The van der Waals surface area contributed by atoms with Gasteiger partial charge in [-0.2, -0.15) is 0 Å². The highest BCUT2D eigenvalue weighted by Gasteiger charge is 2.41. The number of benzene rings is 3. The third kappa shape index (κ3) is 6.57. The molecule has 0 unspecified atom stereocenters. The zero-order chi connectivity index (χ0) is 27.4. The Hall–Kier alpha value is -3.20. The SMILES string of the molecule is CCC(C)(C)C(=O)C(Cc1ccc(N(c2ccc(C)cc2)c2ccc(C)cc2)cc1)C(=O)C(C)(C)CC. The van der Waals surface area contributed by atoms with E-state index in [0.29, 0.717) is 19.3 Å². The molecule has 0 atom stereocenters. The molecule has 3 aromatic carbocycles. The van der Waals surface area contributed by atoms with Crippen LogP contribution in [0.4, 0.5) is 17.1 Å². The van der Waals surface area contributed by atoms with Crippen LogP contribution < -0.4 is 4.90 Å². The number of aryl methyl sites for hydroxylation is 2. The van der Waals surface area contributed by atoms with Crippen LogP contribution >= 0.6 is 0 Å². The summed E-state index contributed by atoms with van der Waals surface area (Å²) in [6.07, 6.45) is 1.85. The molecule has 3 heteroatoms. The number of hydrogen-bond donors (Lipinski definition) is 0. The second-order valence-electron chi connectivity index (χ2n) is 11.6. The molecule has 0 saturated heterocycles. The molecule has 0 aliphatic rings. The van der Waals surface area contributed by atoms with E-state index in [1.165, 1.54) is 11.1 Å². The highest BCUT2D eigenvalue weighted by molar-refractivity contribution is 6.06. The van der Waals surface area contributed by atoms with Gasteiger partial charge in [0.05, 0.1) is 5.92 Å². The Morgan fingerprint density at radius 1 is 0.622 bits per heavy atom. The van der Waals surface area contributed by atoms with Gasteiger partial charge in [-0.05, 0) is 75.1 Å². The predicted molar refractivity (Wildman–Crippen MR) is 156 cm³/mol. The van der Waals surface area contributed by atoms with Crippen LogP contribution in [0.25, 0.3) is 0 Å². The molecule has 0 fully saturated rings. The molecule has 0 aliphatic heterocycles. The number of anilines is 3. The fraction of sp³-hybridized carbons (Fsp3) is 0.412. The van der Waals surface area contributed by atoms with Crippen LogP contribution in [0.15, 0.2) is 72.8 Å². The summed E-state index contributed by atoms with van der Waals surface area (Å²) in [7, 11) is 0. The quantitative estimate of drug-likeness (QED) is 0.248.